The average Bonchev–Trinajstić information content (AvgIpc) is 2.85. The number of nitrogens with one attached hydrogen (secondary N) is 1. The monoisotopic (exact) mass is 294 g/mol. The molecular formula is C13H15FN4OS. The highest BCUT2D eigenvalue weighted by Crippen LogP contribution is 2.19. The molecule has 0 aliphatic carbocycles. The molecule has 0 saturated heterocycles. The Morgan fingerprint density at radius 1 is 1.50 bits per heavy atom. The third-order valence-corrected chi connectivity index (χ3v) is 3.49. The molecule has 0 fully saturated rings. The summed E-state index contributed by atoms with van der Waals surface area (Å²) >= 11 is 1.30. The first-order valence-electron chi connectivity index (χ1n) is 6.14. The number of amides is 1. The molecular weight excluding hydrogens is 279 g/mol. The zero-order valence-corrected chi connectivity index (χ0v) is 12.0. The van der Waals surface area contributed by atoms with Gasteiger partial charge in [-0.25, -0.2) is 4.39 Å². The molecule has 2 rings (SSSR count). The van der Waals surface area contributed by atoms with Crippen LogP contribution in [0.2, 0.25) is 0 Å². The number of carbonyl (C=O) groups is 1. The standard InChI is InChI=1S/C13H15FN4OS/c1-9(2)18-8-15-17-13(18)20-7-12(19)16-11-5-3-4-10(14)6-11/h3-6,8-9H,7H2,1-2H3,(H,16,19). The molecule has 0 radical (unpaired) electrons. The van der Waals surface area contributed by atoms with Crippen molar-refractivity contribution in [2.24, 2.45) is 0 Å². The van der Waals surface area contributed by atoms with E-state index < -0.39 is 0 Å². The number of hydrogen-bond donors (Lipinski definition) is 1. The number of anilines is 1. The average molecular weight is 294 g/mol. The molecule has 0 spiro atoms. The summed E-state index contributed by atoms with van der Waals surface area (Å²) in [5.41, 5.74) is 0.445. The Kier molecular flexibility index (Phi) is 4.73. The summed E-state index contributed by atoms with van der Waals surface area (Å²) in [5.74, 6) is -0.393. The lowest BCUT2D eigenvalue weighted by Gasteiger charge is -2.09. The summed E-state index contributed by atoms with van der Waals surface area (Å²) in [6.07, 6.45) is 1.64. The quantitative estimate of drug-likeness (QED) is 0.861. The fourth-order valence-electron chi connectivity index (χ4n) is 1.58. The van der Waals surface area contributed by atoms with Crippen molar-refractivity contribution in [3.05, 3.63) is 36.4 Å². The van der Waals surface area contributed by atoms with Crippen molar-refractivity contribution >= 4 is 23.4 Å². The van der Waals surface area contributed by atoms with Gasteiger partial charge in [-0.3, -0.25) is 4.79 Å². The minimum Gasteiger partial charge on any atom is -0.325 e. The van der Waals surface area contributed by atoms with E-state index in [0.717, 1.165) is 0 Å². The predicted octanol–water partition coefficient (Wildman–Crippen LogP) is 2.73. The molecule has 1 aromatic carbocycles. The van der Waals surface area contributed by atoms with Crippen molar-refractivity contribution in [3.8, 4) is 0 Å². The van der Waals surface area contributed by atoms with Crippen LogP contribution in [-0.2, 0) is 4.79 Å². The highest BCUT2D eigenvalue weighted by atomic mass is 32.2. The zero-order valence-electron chi connectivity index (χ0n) is 11.2. The van der Waals surface area contributed by atoms with Gasteiger partial charge in [-0.2, -0.15) is 0 Å². The Morgan fingerprint density at radius 3 is 3.00 bits per heavy atom. The van der Waals surface area contributed by atoms with Crippen LogP contribution in [0.1, 0.15) is 19.9 Å². The molecule has 0 aliphatic rings. The Labute approximate surface area is 120 Å². The molecule has 7 heteroatoms. The van der Waals surface area contributed by atoms with Crippen LogP contribution in [0.15, 0.2) is 35.7 Å². The van der Waals surface area contributed by atoms with Gasteiger partial charge in [-0.1, -0.05) is 17.8 Å². The highest BCUT2D eigenvalue weighted by Gasteiger charge is 2.10. The first kappa shape index (κ1) is 14.5. The summed E-state index contributed by atoms with van der Waals surface area (Å²) in [6, 6.07) is 6.03. The minimum absolute atomic E-state index is 0.196. The molecule has 2 aromatic rings. The number of hydrogen-bond acceptors (Lipinski definition) is 4. The maximum atomic E-state index is 13.0. The Morgan fingerprint density at radius 2 is 2.30 bits per heavy atom. The third kappa shape index (κ3) is 3.80. The van der Waals surface area contributed by atoms with Crippen LogP contribution in [-0.4, -0.2) is 26.4 Å². The van der Waals surface area contributed by atoms with Crippen LogP contribution >= 0.6 is 11.8 Å². The van der Waals surface area contributed by atoms with E-state index in [1.54, 1.807) is 18.5 Å². The first-order valence-corrected chi connectivity index (χ1v) is 7.12. The zero-order chi connectivity index (χ0) is 14.5. The van der Waals surface area contributed by atoms with E-state index in [0.29, 0.717) is 10.8 Å². The smallest absolute Gasteiger partial charge is 0.234 e. The van der Waals surface area contributed by atoms with E-state index in [1.807, 2.05) is 18.4 Å². The number of aromatic nitrogens is 3. The Bertz CT molecular complexity index is 600. The molecule has 5 nitrogen and oxygen atoms in total. The number of carbonyl (C=O) groups excluding carboxylic acids is 1. The van der Waals surface area contributed by atoms with E-state index in [4.69, 9.17) is 0 Å². The number of benzene rings is 1. The summed E-state index contributed by atoms with van der Waals surface area (Å²) in [7, 11) is 0. The van der Waals surface area contributed by atoms with Gasteiger partial charge >= 0.3 is 0 Å². The van der Waals surface area contributed by atoms with Crippen molar-refractivity contribution in [1.82, 2.24) is 14.8 Å². The summed E-state index contributed by atoms with van der Waals surface area (Å²) in [6.45, 7) is 4.03. The highest BCUT2D eigenvalue weighted by molar-refractivity contribution is 7.99. The maximum absolute atomic E-state index is 13.0. The van der Waals surface area contributed by atoms with Crippen LogP contribution < -0.4 is 5.32 Å². The van der Waals surface area contributed by atoms with Gasteiger partial charge in [0, 0.05) is 11.7 Å². The molecule has 0 saturated carbocycles. The first-order chi connectivity index (χ1) is 9.56. The van der Waals surface area contributed by atoms with Crippen LogP contribution in [0.3, 0.4) is 0 Å². The number of rotatable bonds is 5. The number of halogens is 1. The van der Waals surface area contributed by atoms with Gasteiger partial charge in [0.05, 0.1) is 5.75 Å². The van der Waals surface area contributed by atoms with E-state index in [9.17, 15) is 9.18 Å². The lowest BCUT2D eigenvalue weighted by atomic mass is 10.3. The van der Waals surface area contributed by atoms with Crippen LogP contribution in [0.5, 0.6) is 0 Å². The van der Waals surface area contributed by atoms with E-state index >= 15 is 0 Å². The predicted molar refractivity (Wildman–Crippen MR) is 76.2 cm³/mol. The summed E-state index contributed by atoms with van der Waals surface area (Å²) in [4.78, 5) is 11.8. The van der Waals surface area contributed by atoms with Crippen LogP contribution in [0.4, 0.5) is 10.1 Å². The molecule has 1 N–H and O–H groups in total. The van der Waals surface area contributed by atoms with Crippen molar-refractivity contribution in [2.45, 2.75) is 25.0 Å². The van der Waals surface area contributed by atoms with Crippen LogP contribution in [0, 0.1) is 5.82 Å². The maximum Gasteiger partial charge on any atom is 0.234 e. The fourth-order valence-corrected chi connectivity index (χ4v) is 2.43. The molecule has 1 heterocycles. The second-order valence-corrected chi connectivity index (χ2v) is 5.40. The van der Waals surface area contributed by atoms with Gasteiger partial charge in [0.1, 0.15) is 12.1 Å². The lowest BCUT2D eigenvalue weighted by molar-refractivity contribution is -0.113. The molecule has 0 bridgehead atoms. The van der Waals surface area contributed by atoms with Gasteiger partial charge in [-0.05, 0) is 32.0 Å². The summed E-state index contributed by atoms with van der Waals surface area (Å²) in [5, 5.41) is 11.1. The molecule has 1 amide bonds. The van der Waals surface area contributed by atoms with Gasteiger partial charge in [0.25, 0.3) is 0 Å². The van der Waals surface area contributed by atoms with E-state index in [1.165, 1.54) is 23.9 Å². The Balaban J connectivity index is 1.91. The Hall–Kier alpha value is -1.89. The third-order valence-electron chi connectivity index (χ3n) is 2.54. The fraction of sp³-hybridized carbons (Fsp3) is 0.308. The molecule has 0 unspecified atom stereocenters. The SMILES string of the molecule is CC(C)n1cnnc1SCC(=O)Nc1cccc(F)c1. The van der Waals surface area contributed by atoms with Crippen molar-refractivity contribution in [2.75, 3.05) is 11.1 Å². The van der Waals surface area contributed by atoms with E-state index in [2.05, 4.69) is 15.5 Å². The number of nitrogens with zero attached hydrogens (tertiary/aromatic N) is 3. The van der Waals surface area contributed by atoms with Gasteiger partial charge in [0.2, 0.25) is 5.91 Å². The topological polar surface area (TPSA) is 59.8 Å². The normalized spacial score (nSPS) is 10.8. The molecule has 1 aromatic heterocycles. The molecule has 20 heavy (non-hydrogen) atoms. The molecule has 0 aliphatic heterocycles. The number of thioether (sulfide) groups is 1. The van der Waals surface area contributed by atoms with Crippen molar-refractivity contribution in [1.29, 1.82) is 0 Å². The second kappa shape index (κ2) is 6.51. The van der Waals surface area contributed by atoms with Gasteiger partial charge < -0.3 is 9.88 Å². The molecule has 106 valence electrons. The summed E-state index contributed by atoms with van der Waals surface area (Å²) < 4.78 is 14.9. The van der Waals surface area contributed by atoms with Crippen LogP contribution in [0.25, 0.3) is 0 Å². The second-order valence-electron chi connectivity index (χ2n) is 4.46. The van der Waals surface area contributed by atoms with Gasteiger partial charge in [-0.15, -0.1) is 10.2 Å². The van der Waals surface area contributed by atoms with Gasteiger partial charge in [0.15, 0.2) is 5.16 Å². The largest absolute Gasteiger partial charge is 0.325 e. The van der Waals surface area contributed by atoms with Crippen molar-refractivity contribution < 1.29 is 9.18 Å². The minimum atomic E-state index is -0.380. The molecule has 0 atom stereocenters. The lowest BCUT2D eigenvalue weighted by Crippen LogP contribution is -2.14. The van der Waals surface area contributed by atoms with E-state index in [-0.39, 0.29) is 23.5 Å². The van der Waals surface area contributed by atoms with Crippen molar-refractivity contribution in [3.63, 3.8) is 0 Å².